The Morgan fingerprint density at radius 2 is 1.38 bits per heavy atom. The molecule has 3 aliphatic rings. The summed E-state index contributed by atoms with van der Waals surface area (Å²) in [4.78, 5) is 0. The highest BCUT2D eigenvalue weighted by molar-refractivity contribution is 5.89. The number of fused-ring (bicyclic) bond motifs is 2. The van der Waals surface area contributed by atoms with Crippen molar-refractivity contribution >= 4 is 10.8 Å². The fourth-order valence-corrected chi connectivity index (χ4v) is 7.95. The van der Waals surface area contributed by atoms with Gasteiger partial charge < -0.3 is 0 Å². The van der Waals surface area contributed by atoms with Crippen LogP contribution in [0.1, 0.15) is 102 Å². The van der Waals surface area contributed by atoms with Gasteiger partial charge in [0, 0.05) is 19.9 Å². The van der Waals surface area contributed by atoms with Crippen molar-refractivity contribution in [2.45, 2.75) is 89.3 Å². The van der Waals surface area contributed by atoms with Crippen molar-refractivity contribution < 1.29 is 7.31 Å². The van der Waals surface area contributed by atoms with Crippen molar-refractivity contribution in [3.8, 4) is 22.4 Å². The molecular weight excluding hydrogens is 470 g/mol. The highest BCUT2D eigenvalue weighted by atomic mass is 14.9. The molecule has 1 aromatic heterocycles. The van der Waals surface area contributed by atoms with Crippen molar-refractivity contribution in [1.82, 2.24) is 0 Å². The minimum absolute atomic E-state index is 0.436. The molecule has 4 aromatic rings. The molecule has 0 spiro atoms. The van der Waals surface area contributed by atoms with Gasteiger partial charge in [-0.25, -0.2) is 4.57 Å². The summed E-state index contributed by atoms with van der Waals surface area (Å²) in [6, 6.07) is 24.6. The Morgan fingerprint density at radius 3 is 2.15 bits per heavy atom. The lowest BCUT2D eigenvalue weighted by Crippen LogP contribution is -2.32. The van der Waals surface area contributed by atoms with Crippen molar-refractivity contribution in [2.75, 3.05) is 0 Å². The van der Waals surface area contributed by atoms with Gasteiger partial charge in [-0.3, -0.25) is 0 Å². The topological polar surface area (TPSA) is 3.88 Å². The van der Waals surface area contributed by atoms with E-state index in [-0.39, 0.29) is 0 Å². The number of nitrogens with zero attached hydrogens (tertiary/aromatic N) is 1. The highest BCUT2D eigenvalue weighted by Gasteiger charge is 2.36. The van der Waals surface area contributed by atoms with Crippen LogP contribution in [0.3, 0.4) is 0 Å². The van der Waals surface area contributed by atoms with E-state index in [1.165, 1.54) is 76.4 Å². The summed E-state index contributed by atoms with van der Waals surface area (Å²) in [5.41, 5.74) is 8.45. The number of rotatable bonds is 4. The first-order chi connectivity index (χ1) is 19.8. The minimum atomic E-state index is -0.550. The van der Waals surface area contributed by atoms with Gasteiger partial charge in [-0.1, -0.05) is 93.5 Å². The highest BCUT2D eigenvalue weighted by Crippen LogP contribution is 2.49. The molecule has 0 N–H and O–H groups in total. The number of aromatic nitrogens is 1. The van der Waals surface area contributed by atoms with Crippen molar-refractivity contribution in [1.29, 1.82) is 0 Å². The van der Waals surface area contributed by atoms with E-state index in [0.29, 0.717) is 0 Å². The Balaban J connectivity index is 1.32. The normalized spacial score (nSPS) is 27.1. The second-order valence-corrected chi connectivity index (χ2v) is 12.7. The molecule has 0 radical (unpaired) electrons. The summed E-state index contributed by atoms with van der Waals surface area (Å²) >= 11 is 0. The number of aryl methyl sites for hydroxylation is 2. The van der Waals surface area contributed by atoms with E-state index in [1.54, 1.807) is 0 Å². The van der Waals surface area contributed by atoms with Gasteiger partial charge in [-0.05, 0) is 101 Å². The molecule has 2 atom stereocenters. The maximum Gasteiger partial charge on any atom is 0.213 e. The molecule has 1 nitrogen and oxygen atoms in total. The van der Waals surface area contributed by atoms with Gasteiger partial charge in [0.15, 0.2) is 6.20 Å². The molecule has 3 aliphatic carbocycles. The molecular formula is C38H44N+. The molecule has 3 fully saturated rings. The quantitative estimate of drug-likeness (QED) is 0.238. The maximum atomic E-state index is 9.61. The summed E-state index contributed by atoms with van der Waals surface area (Å²) in [7, 11) is 2.14. The molecule has 2 unspecified atom stereocenters. The second-order valence-electron chi connectivity index (χ2n) is 12.7. The van der Waals surface area contributed by atoms with Crippen LogP contribution in [0.5, 0.6) is 0 Å². The lowest BCUT2D eigenvalue weighted by Gasteiger charge is -2.24. The third-order valence-corrected chi connectivity index (χ3v) is 10.2. The third-order valence-electron chi connectivity index (χ3n) is 10.2. The molecule has 7 rings (SSSR count). The first-order valence-electron chi connectivity index (χ1n) is 16.5. The zero-order valence-electron chi connectivity index (χ0n) is 25.8. The first kappa shape index (κ1) is 22.8. The molecule has 39 heavy (non-hydrogen) atoms. The van der Waals surface area contributed by atoms with Gasteiger partial charge in [0.05, 0.1) is 0 Å². The average molecular weight is 517 g/mol. The monoisotopic (exact) mass is 516 g/mol. The van der Waals surface area contributed by atoms with Crippen LogP contribution in [0.15, 0.2) is 72.9 Å². The summed E-state index contributed by atoms with van der Waals surface area (Å²) in [6.45, 7) is 2.18. The van der Waals surface area contributed by atoms with Gasteiger partial charge in [0.2, 0.25) is 5.69 Å². The fraction of sp³-hybridized carbons (Fsp3) is 0.447. The lowest BCUT2D eigenvalue weighted by atomic mass is 9.81. The Kier molecular flexibility index (Phi) is 6.19. The lowest BCUT2D eigenvalue weighted by molar-refractivity contribution is -0.660. The molecule has 0 aliphatic heterocycles. The molecule has 0 saturated heterocycles. The average Bonchev–Trinajstić information content (AvgIpc) is 3.35. The number of pyridine rings is 1. The van der Waals surface area contributed by atoms with Crippen molar-refractivity contribution in [2.24, 2.45) is 18.9 Å². The smallest absolute Gasteiger partial charge is 0.201 e. The van der Waals surface area contributed by atoms with Crippen LogP contribution in [0, 0.1) is 18.8 Å². The van der Waals surface area contributed by atoms with E-state index in [0.717, 1.165) is 55.9 Å². The number of hydrogen-bond donors (Lipinski definition) is 0. The standard InChI is InChI=1S/C38H44N/c1-26-10-6-9-15-35(26)38-24-36(37(25-39(38)2)27-11-4-3-5-12-27)33-19-18-30-20-32(17-16-31(30)21-33)34-22-28-13-7-8-14-29(28)23-34/h6,9-10,15-21,24-25,27-29,34H,3-5,7-8,11-14,22-23H2,1-2H3/q+1/i27D,34D. The van der Waals surface area contributed by atoms with Crippen LogP contribution in [0.4, 0.5) is 0 Å². The van der Waals surface area contributed by atoms with Gasteiger partial charge in [-0.15, -0.1) is 0 Å². The van der Waals surface area contributed by atoms with E-state index >= 15 is 0 Å². The SMILES string of the molecule is [2H]C1(c2ccc3cc(-c4cc(-c5ccccc5C)[n+](C)cc4C4([2H])CCCCC4)ccc3c2)CC2CCCCC2C1. The summed E-state index contributed by atoms with van der Waals surface area (Å²) in [6.07, 6.45) is 15.0. The second kappa shape index (κ2) is 10.6. The molecule has 0 amide bonds. The van der Waals surface area contributed by atoms with Crippen LogP contribution < -0.4 is 4.57 Å². The fourth-order valence-electron chi connectivity index (χ4n) is 7.95. The van der Waals surface area contributed by atoms with Gasteiger partial charge in [-0.2, -0.15) is 0 Å². The number of hydrogen-bond acceptors (Lipinski definition) is 0. The van der Waals surface area contributed by atoms with E-state index < -0.39 is 11.8 Å². The predicted molar refractivity (Wildman–Crippen MR) is 164 cm³/mol. The largest absolute Gasteiger partial charge is 0.213 e. The molecule has 200 valence electrons. The molecule has 1 heterocycles. The van der Waals surface area contributed by atoms with Gasteiger partial charge in [0.1, 0.15) is 7.05 Å². The van der Waals surface area contributed by atoms with E-state index in [9.17, 15) is 2.74 Å². The van der Waals surface area contributed by atoms with Gasteiger partial charge in [0.25, 0.3) is 0 Å². The molecule has 3 aromatic carbocycles. The maximum absolute atomic E-state index is 9.61. The third kappa shape index (κ3) is 4.83. The Bertz CT molecular complexity index is 1580. The minimum Gasteiger partial charge on any atom is -0.201 e. The summed E-state index contributed by atoms with van der Waals surface area (Å²) in [5, 5.41) is 2.46. The molecule has 0 bridgehead atoms. The van der Waals surface area contributed by atoms with E-state index in [2.05, 4.69) is 91.5 Å². The Hall–Kier alpha value is -2.93. The Morgan fingerprint density at radius 1 is 0.692 bits per heavy atom. The van der Waals surface area contributed by atoms with Crippen LogP contribution in [-0.4, -0.2) is 0 Å². The Labute approximate surface area is 238 Å². The summed E-state index contributed by atoms with van der Waals surface area (Å²) < 4.78 is 21.3. The first-order valence-corrected chi connectivity index (χ1v) is 15.5. The predicted octanol–water partition coefficient (Wildman–Crippen LogP) is 10.0. The zero-order valence-corrected chi connectivity index (χ0v) is 23.8. The van der Waals surface area contributed by atoms with Crippen molar-refractivity contribution in [3.63, 3.8) is 0 Å². The number of benzene rings is 3. The zero-order chi connectivity index (χ0) is 28.2. The van der Waals surface area contributed by atoms with Crippen molar-refractivity contribution in [3.05, 3.63) is 89.6 Å². The molecule has 3 saturated carbocycles. The van der Waals surface area contributed by atoms with Crippen LogP contribution in [0.2, 0.25) is 0 Å². The van der Waals surface area contributed by atoms with Gasteiger partial charge >= 0.3 is 0 Å². The van der Waals surface area contributed by atoms with Crippen LogP contribution >= 0.6 is 0 Å². The summed E-state index contributed by atoms with van der Waals surface area (Å²) in [5.74, 6) is 0.508. The van der Waals surface area contributed by atoms with E-state index in [1.807, 2.05) is 0 Å². The van der Waals surface area contributed by atoms with Crippen LogP contribution in [0.25, 0.3) is 33.2 Å². The van der Waals surface area contributed by atoms with E-state index in [4.69, 9.17) is 0 Å². The molecule has 1 heteroatoms. The van der Waals surface area contributed by atoms with Crippen LogP contribution in [-0.2, 0) is 7.05 Å².